The van der Waals surface area contributed by atoms with E-state index in [0.717, 1.165) is 0 Å². The van der Waals surface area contributed by atoms with Gasteiger partial charge in [-0.15, -0.1) is 0 Å². The lowest BCUT2D eigenvalue weighted by Gasteiger charge is -2.28. The molecule has 3 N–H and O–H groups in total. The summed E-state index contributed by atoms with van der Waals surface area (Å²) in [6, 6.07) is -2.31. The molecule has 0 saturated carbocycles. The van der Waals surface area contributed by atoms with Gasteiger partial charge in [0.15, 0.2) is 23.6 Å². The highest BCUT2D eigenvalue weighted by Gasteiger charge is 2.55. The minimum atomic E-state index is -4.31. The molecule has 0 spiro atoms. The largest absolute Gasteiger partial charge is 0.479 e. The normalized spacial score (nSPS) is 23.7. The Morgan fingerprint density at radius 1 is 1.09 bits per heavy atom. The Morgan fingerprint density at radius 3 is 2.09 bits per heavy atom. The Bertz CT molecular complexity index is 1400. The standard InChI is InChI=1S/C29H48FN6O9P/c1-16(24(37)42-13-27(4,5)6)34-46(40,35-17(2)25(38)43-14-28(7,8)9)44-12-19-21(30)29(10,39)26(45-19)36-15-31-20-22(36)32-18(3)33-23(20)41-11/h15-17,19,21,26,39H,12-14H2,1-11H3,(H2,34,35,40)/t16-,17-,19+,21+,26+,29+/m0/s1. The van der Waals surface area contributed by atoms with Gasteiger partial charge >= 0.3 is 19.6 Å². The van der Waals surface area contributed by atoms with E-state index in [1.54, 1.807) is 6.92 Å². The van der Waals surface area contributed by atoms with Crippen LogP contribution in [0.3, 0.4) is 0 Å². The molecule has 17 heteroatoms. The number of nitrogens with zero attached hydrogens (tertiary/aromatic N) is 4. The number of carbonyl (C=O) groups is 2. The highest BCUT2D eigenvalue weighted by Crippen LogP contribution is 2.45. The number of aryl methyl sites for hydroxylation is 1. The minimum absolute atomic E-state index is 0.0984. The summed E-state index contributed by atoms with van der Waals surface area (Å²) in [7, 11) is -2.89. The number of fused-ring (bicyclic) bond motifs is 1. The van der Waals surface area contributed by atoms with Crippen LogP contribution in [0.2, 0.25) is 0 Å². The van der Waals surface area contributed by atoms with Gasteiger partial charge in [-0.05, 0) is 38.5 Å². The summed E-state index contributed by atoms with van der Waals surface area (Å²) in [6.45, 7) is 16.6. The van der Waals surface area contributed by atoms with Crippen molar-refractivity contribution in [1.82, 2.24) is 29.7 Å². The summed E-state index contributed by atoms with van der Waals surface area (Å²) in [5.74, 6) is -0.888. The molecular formula is C29H48FN6O9P. The average Bonchev–Trinajstić information content (AvgIpc) is 3.44. The maximum absolute atomic E-state index is 15.8. The minimum Gasteiger partial charge on any atom is -0.479 e. The van der Waals surface area contributed by atoms with Gasteiger partial charge in [-0.3, -0.25) is 18.7 Å². The van der Waals surface area contributed by atoms with Gasteiger partial charge < -0.3 is 28.6 Å². The van der Waals surface area contributed by atoms with Crippen molar-refractivity contribution in [2.45, 2.75) is 105 Å². The quantitative estimate of drug-likeness (QED) is 0.207. The van der Waals surface area contributed by atoms with Crippen molar-refractivity contribution >= 4 is 30.8 Å². The van der Waals surface area contributed by atoms with Gasteiger partial charge in [-0.25, -0.2) is 24.5 Å². The van der Waals surface area contributed by atoms with E-state index >= 15 is 4.39 Å². The van der Waals surface area contributed by atoms with E-state index in [4.69, 9.17) is 23.5 Å². The predicted molar refractivity (Wildman–Crippen MR) is 166 cm³/mol. The first-order valence-electron chi connectivity index (χ1n) is 15.0. The third kappa shape index (κ3) is 9.41. The zero-order valence-corrected chi connectivity index (χ0v) is 29.3. The summed E-state index contributed by atoms with van der Waals surface area (Å²) in [5.41, 5.74) is -2.23. The van der Waals surface area contributed by atoms with Crippen LogP contribution in [0.1, 0.15) is 74.4 Å². The lowest BCUT2D eigenvalue weighted by Crippen LogP contribution is -2.44. The molecule has 0 aliphatic carbocycles. The maximum atomic E-state index is 15.8. The third-order valence-corrected chi connectivity index (χ3v) is 8.75. The fourth-order valence-electron chi connectivity index (χ4n) is 4.39. The van der Waals surface area contributed by atoms with Crippen LogP contribution in [0.15, 0.2) is 6.33 Å². The van der Waals surface area contributed by atoms with Crippen LogP contribution in [0.25, 0.3) is 11.2 Å². The third-order valence-electron chi connectivity index (χ3n) is 6.79. The smallest absolute Gasteiger partial charge is 0.342 e. The van der Waals surface area contributed by atoms with Crippen molar-refractivity contribution in [1.29, 1.82) is 0 Å². The Kier molecular flexibility index (Phi) is 11.6. The molecule has 0 amide bonds. The summed E-state index contributed by atoms with van der Waals surface area (Å²) in [5, 5.41) is 16.4. The molecule has 1 saturated heterocycles. The molecule has 1 aliphatic rings. The molecule has 260 valence electrons. The number of rotatable bonds is 13. The van der Waals surface area contributed by atoms with Crippen molar-refractivity contribution in [3.8, 4) is 5.88 Å². The van der Waals surface area contributed by atoms with E-state index in [1.807, 2.05) is 41.5 Å². The van der Waals surface area contributed by atoms with Crippen LogP contribution in [0.4, 0.5) is 4.39 Å². The van der Waals surface area contributed by atoms with Gasteiger partial charge in [0.05, 0.1) is 33.3 Å². The Balaban J connectivity index is 1.83. The van der Waals surface area contributed by atoms with Crippen molar-refractivity contribution in [2.24, 2.45) is 10.8 Å². The molecule has 1 aliphatic heterocycles. The van der Waals surface area contributed by atoms with E-state index in [1.165, 1.54) is 38.8 Å². The van der Waals surface area contributed by atoms with Crippen molar-refractivity contribution in [2.75, 3.05) is 26.9 Å². The number of hydrogen-bond donors (Lipinski definition) is 3. The van der Waals surface area contributed by atoms with Crippen LogP contribution in [-0.4, -0.2) is 93.5 Å². The first-order valence-corrected chi connectivity index (χ1v) is 16.6. The van der Waals surface area contributed by atoms with Crippen molar-refractivity contribution < 1.29 is 47.1 Å². The van der Waals surface area contributed by atoms with E-state index in [0.29, 0.717) is 5.82 Å². The second-order valence-electron chi connectivity index (χ2n) is 14.1. The average molecular weight is 675 g/mol. The lowest BCUT2D eigenvalue weighted by atomic mass is 9.98. The molecule has 0 bridgehead atoms. The summed E-state index contributed by atoms with van der Waals surface area (Å²) >= 11 is 0. The van der Waals surface area contributed by atoms with Crippen LogP contribution < -0.4 is 14.9 Å². The molecule has 15 nitrogen and oxygen atoms in total. The highest BCUT2D eigenvalue weighted by atomic mass is 31.2. The number of ether oxygens (including phenoxy) is 4. The molecule has 6 atom stereocenters. The van der Waals surface area contributed by atoms with Gasteiger partial charge in [-0.1, -0.05) is 41.5 Å². The number of methoxy groups -OCH3 is 1. The number of aliphatic hydroxyl groups is 1. The Hall–Kier alpha value is -2.75. The van der Waals surface area contributed by atoms with Crippen LogP contribution in [-0.2, 0) is 32.9 Å². The zero-order chi connectivity index (χ0) is 34.8. The zero-order valence-electron chi connectivity index (χ0n) is 28.4. The number of aromatic nitrogens is 4. The molecule has 1 fully saturated rings. The molecule has 3 rings (SSSR count). The Labute approximate surface area is 268 Å². The summed E-state index contributed by atoms with van der Waals surface area (Å²) in [6.07, 6.45) is -3.47. The molecule has 3 heterocycles. The second kappa shape index (κ2) is 14.2. The molecule has 0 radical (unpaired) electrons. The SMILES string of the molecule is COc1nc(C)nc2c1ncn2[C@@H]1O[C@H](COP(=O)(N[C@@H](C)C(=O)OCC(C)(C)C)N[C@@H](C)C(=O)OCC(C)(C)C)[C@@H](F)[C@@]1(C)O. The first kappa shape index (κ1) is 37.7. The molecule has 0 unspecified atom stereocenters. The predicted octanol–water partition coefficient (Wildman–Crippen LogP) is 3.39. The number of alkyl halides is 1. The summed E-state index contributed by atoms with van der Waals surface area (Å²) in [4.78, 5) is 38.2. The number of nitrogens with one attached hydrogen (secondary N) is 2. The van der Waals surface area contributed by atoms with Crippen molar-refractivity contribution in [3.63, 3.8) is 0 Å². The topological polar surface area (TPSA) is 185 Å². The van der Waals surface area contributed by atoms with Gasteiger partial charge in [0, 0.05) is 0 Å². The monoisotopic (exact) mass is 674 g/mol. The summed E-state index contributed by atoms with van der Waals surface area (Å²) < 4.78 is 58.8. The number of halogens is 1. The second-order valence-corrected chi connectivity index (χ2v) is 16.0. The molecule has 2 aromatic heterocycles. The number of imidazole rings is 1. The fraction of sp³-hybridized carbons (Fsp3) is 0.759. The number of hydrogen-bond acceptors (Lipinski definition) is 12. The maximum Gasteiger partial charge on any atom is 0.342 e. The molecular weight excluding hydrogens is 626 g/mol. The molecule has 46 heavy (non-hydrogen) atoms. The first-order chi connectivity index (χ1) is 21.1. The van der Waals surface area contributed by atoms with E-state index in [-0.39, 0.29) is 41.1 Å². The van der Waals surface area contributed by atoms with Gasteiger partial charge in [0.25, 0.3) is 0 Å². The Morgan fingerprint density at radius 2 is 1.61 bits per heavy atom. The van der Waals surface area contributed by atoms with Crippen molar-refractivity contribution in [3.05, 3.63) is 12.2 Å². The van der Waals surface area contributed by atoms with E-state index < -0.39 is 62.4 Å². The highest BCUT2D eigenvalue weighted by molar-refractivity contribution is 7.54. The molecule has 2 aromatic rings. The van der Waals surface area contributed by atoms with Crippen LogP contribution >= 0.6 is 7.67 Å². The van der Waals surface area contributed by atoms with Gasteiger partial charge in [-0.2, -0.15) is 4.98 Å². The molecule has 0 aromatic carbocycles. The van der Waals surface area contributed by atoms with Gasteiger partial charge in [0.1, 0.15) is 29.6 Å². The van der Waals surface area contributed by atoms with Crippen LogP contribution in [0.5, 0.6) is 5.88 Å². The van der Waals surface area contributed by atoms with E-state index in [2.05, 4.69) is 25.1 Å². The fourth-order valence-corrected chi connectivity index (χ4v) is 6.21. The number of esters is 2. The van der Waals surface area contributed by atoms with Gasteiger partial charge in [0.2, 0.25) is 5.88 Å². The van der Waals surface area contributed by atoms with E-state index in [9.17, 15) is 19.3 Å². The van der Waals surface area contributed by atoms with Crippen LogP contribution in [0, 0.1) is 17.8 Å². The lowest BCUT2D eigenvalue weighted by molar-refractivity contribution is -0.148. The number of carbonyl (C=O) groups excluding carboxylic acids is 2.